The van der Waals surface area contributed by atoms with E-state index in [2.05, 4.69) is 79.6 Å². The normalized spacial score (nSPS) is 14.6. The van der Waals surface area contributed by atoms with Crippen LogP contribution in [0, 0.1) is 5.92 Å². The van der Waals surface area contributed by atoms with Crippen molar-refractivity contribution in [3.8, 4) is 38.9 Å². The summed E-state index contributed by atoms with van der Waals surface area (Å²) in [6.45, 7) is 10.0. The van der Waals surface area contributed by atoms with Gasteiger partial charge >= 0.3 is 0 Å². The predicted octanol–water partition coefficient (Wildman–Crippen LogP) is 8.65. The zero-order valence-corrected chi connectivity index (χ0v) is 26.7. The molecule has 6 heteroatoms. The molecule has 0 bridgehead atoms. The molecule has 0 amide bonds. The molecule has 1 saturated heterocycles. The van der Waals surface area contributed by atoms with E-state index in [0.717, 1.165) is 52.9 Å². The maximum Gasteiger partial charge on any atom is 0.203 e. The maximum absolute atomic E-state index is 5.74. The molecule has 1 aromatic heterocycles. The number of ether oxygens (including phenoxy) is 3. The zero-order valence-electron chi connectivity index (χ0n) is 25.9. The van der Waals surface area contributed by atoms with Crippen LogP contribution in [0.15, 0.2) is 66.0 Å². The van der Waals surface area contributed by atoms with Gasteiger partial charge in [0.2, 0.25) is 5.75 Å². The molecule has 0 atom stereocenters. The van der Waals surface area contributed by atoms with E-state index in [-0.39, 0.29) is 5.41 Å². The summed E-state index contributed by atoms with van der Waals surface area (Å²) < 4.78 is 16.8. The summed E-state index contributed by atoms with van der Waals surface area (Å²) in [5.74, 6) is 2.72. The topological polar surface area (TPSA) is 43.8 Å². The minimum Gasteiger partial charge on any atom is -0.493 e. The van der Waals surface area contributed by atoms with E-state index < -0.39 is 0 Å². The number of hydrogen-bond acceptors (Lipinski definition) is 6. The van der Waals surface area contributed by atoms with E-state index in [1.54, 1.807) is 32.7 Å². The van der Waals surface area contributed by atoms with Crippen LogP contribution in [0.3, 0.4) is 0 Å². The Kier molecular flexibility index (Phi) is 9.54. The molecule has 0 N–H and O–H groups in total. The quantitative estimate of drug-likeness (QED) is 0.187. The second-order valence-corrected chi connectivity index (χ2v) is 13.2. The minimum absolute atomic E-state index is 0.216. The smallest absolute Gasteiger partial charge is 0.203 e. The van der Waals surface area contributed by atoms with E-state index in [9.17, 15) is 0 Å². The number of piperidine rings is 1. The molecule has 0 spiro atoms. The summed E-state index contributed by atoms with van der Waals surface area (Å²) in [4.78, 5) is 7.60. The molecule has 5 rings (SSSR count). The van der Waals surface area contributed by atoms with Crippen LogP contribution in [-0.2, 0) is 18.4 Å². The van der Waals surface area contributed by atoms with Crippen molar-refractivity contribution in [3.63, 3.8) is 0 Å². The first-order valence-corrected chi connectivity index (χ1v) is 15.8. The highest BCUT2D eigenvalue weighted by Gasteiger charge is 2.21. The van der Waals surface area contributed by atoms with Crippen LogP contribution in [0.4, 0.5) is 0 Å². The van der Waals surface area contributed by atoms with Crippen LogP contribution in [-0.4, -0.2) is 44.3 Å². The molecule has 1 aliphatic rings. The van der Waals surface area contributed by atoms with Crippen molar-refractivity contribution in [2.75, 3.05) is 34.4 Å². The second-order valence-electron chi connectivity index (χ2n) is 12.3. The fraction of sp³-hybridized carbons (Fsp3) is 0.417. The van der Waals surface area contributed by atoms with Crippen LogP contribution in [0.25, 0.3) is 21.7 Å². The molecule has 0 aliphatic carbocycles. The Morgan fingerprint density at radius 3 is 2.24 bits per heavy atom. The standard InChI is InChI=1S/C36H44N2O3S/c1-36(2,3)29-14-12-25(13-15-29)10-11-26-18-20-38(21-19-26)23-30-24-42-35(37-30)28-9-7-8-27(22-28)31-16-17-32(39-4)34(41-6)33(31)40-5/h7-9,12-17,22,24,26H,10-11,18-21,23H2,1-6H3. The van der Waals surface area contributed by atoms with Crippen molar-refractivity contribution < 1.29 is 14.2 Å². The third-order valence-electron chi connectivity index (χ3n) is 8.43. The molecule has 1 aliphatic heterocycles. The Bertz CT molecular complexity index is 1460. The van der Waals surface area contributed by atoms with Crippen molar-refractivity contribution in [1.82, 2.24) is 9.88 Å². The molecule has 4 aromatic rings. The second kappa shape index (κ2) is 13.3. The van der Waals surface area contributed by atoms with Crippen LogP contribution in [0.2, 0.25) is 0 Å². The van der Waals surface area contributed by atoms with Crippen LogP contribution >= 0.6 is 11.3 Å². The van der Waals surface area contributed by atoms with Crippen molar-refractivity contribution in [1.29, 1.82) is 0 Å². The Morgan fingerprint density at radius 1 is 0.857 bits per heavy atom. The average Bonchev–Trinajstić information content (AvgIpc) is 3.48. The monoisotopic (exact) mass is 584 g/mol. The highest BCUT2D eigenvalue weighted by Crippen LogP contribution is 2.45. The fourth-order valence-corrected chi connectivity index (χ4v) is 6.67. The van der Waals surface area contributed by atoms with Crippen LogP contribution in [0.1, 0.15) is 56.9 Å². The number of rotatable bonds is 10. The Hall–Kier alpha value is -3.35. The number of likely N-dealkylation sites (tertiary alicyclic amines) is 1. The summed E-state index contributed by atoms with van der Waals surface area (Å²) in [5, 5.41) is 3.26. The third-order valence-corrected chi connectivity index (χ3v) is 9.37. The molecule has 42 heavy (non-hydrogen) atoms. The van der Waals surface area contributed by atoms with E-state index in [4.69, 9.17) is 19.2 Å². The molecule has 0 saturated carbocycles. The molecule has 222 valence electrons. The number of hydrogen-bond donors (Lipinski definition) is 0. The van der Waals surface area contributed by atoms with Gasteiger partial charge in [-0.1, -0.05) is 63.2 Å². The van der Waals surface area contributed by atoms with Gasteiger partial charge in [-0.25, -0.2) is 4.98 Å². The highest BCUT2D eigenvalue weighted by atomic mass is 32.1. The number of thiazole rings is 1. The maximum atomic E-state index is 5.74. The fourth-order valence-electron chi connectivity index (χ4n) is 5.87. The SMILES string of the molecule is COc1ccc(-c2cccc(-c3nc(CN4CCC(CCc5ccc(C(C)(C)C)cc5)CC4)cs3)c2)c(OC)c1OC. The number of benzene rings is 3. The van der Waals surface area contributed by atoms with E-state index in [1.165, 1.54) is 36.8 Å². The molecular formula is C36H44N2O3S. The molecular weight excluding hydrogens is 540 g/mol. The number of aromatic nitrogens is 1. The van der Waals surface area contributed by atoms with Gasteiger partial charge in [0, 0.05) is 23.1 Å². The van der Waals surface area contributed by atoms with Gasteiger partial charge in [0.05, 0.1) is 27.0 Å². The van der Waals surface area contributed by atoms with Gasteiger partial charge in [0.25, 0.3) is 0 Å². The molecule has 0 unspecified atom stereocenters. The number of aryl methyl sites for hydroxylation is 1. The lowest BCUT2D eigenvalue weighted by Gasteiger charge is -2.31. The Labute approximate surface area is 255 Å². The first-order valence-electron chi connectivity index (χ1n) is 14.9. The summed E-state index contributed by atoms with van der Waals surface area (Å²) in [6, 6.07) is 21.7. The van der Waals surface area contributed by atoms with Crippen LogP contribution < -0.4 is 14.2 Å². The average molecular weight is 585 g/mol. The van der Waals surface area contributed by atoms with Gasteiger partial charge in [0.15, 0.2) is 11.5 Å². The minimum atomic E-state index is 0.216. The van der Waals surface area contributed by atoms with Crippen molar-refractivity contribution in [3.05, 3.63) is 82.9 Å². The first-order chi connectivity index (χ1) is 20.3. The third kappa shape index (κ3) is 6.99. The van der Waals surface area contributed by atoms with E-state index in [1.807, 2.05) is 12.1 Å². The van der Waals surface area contributed by atoms with Gasteiger partial charge in [-0.3, -0.25) is 4.90 Å². The molecule has 2 heterocycles. The predicted molar refractivity (Wildman–Crippen MR) is 174 cm³/mol. The Balaban J connectivity index is 1.17. The zero-order chi connectivity index (χ0) is 29.7. The van der Waals surface area contributed by atoms with Crippen molar-refractivity contribution >= 4 is 11.3 Å². The van der Waals surface area contributed by atoms with E-state index >= 15 is 0 Å². The number of methoxy groups -OCH3 is 3. The van der Waals surface area contributed by atoms with Crippen molar-refractivity contribution in [2.24, 2.45) is 5.92 Å². The highest BCUT2D eigenvalue weighted by molar-refractivity contribution is 7.13. The number of nitrogens with zero attached hydrogens (tertiary/aromatic N) is 2. The van der Waals surface area contributed by atoms with Gasteiger partial charge in [-0.2, -0.15) is 0 Å². The van der Waals surface area contributed by atoms with Gasteiger partial charge in [0.1, 0.15) is 5.01 Å². The summed E-state index contributed by atoms with van der Waals surface area (Å²) in [7, 11) is 4.92. The summed E-state index contributed by atoms with van der Waals surface area (Å²) in [5.41, 5.74) is 7.36. The van der Waals surface area contributed by atoms with Crippen molar-refractivity contribution in [2.45, 2.75) is 58.4 Å². The van der Waals surface area contributed by atoms with Gasteiger partial charge in [-0.05, 0) is 85.0 Å². The molecule has 3 aromatic carbocycles. The van der Waals surface area contributed by atoms with Gasteiger partial charge in [-0.15, -0.1) is 11.3 Å². The summed E-state index contributed by atoms with van der Waals surface area (Å²) >= 11 is 1.71. The van der Waals surface area contributed by atoms with Crippen LogP contribution in [0.5, 0.6) is 17.2 Å². The van der Waals surface area contributed by atoms with Gasteiger partial charge < -0.3 is 14.2 Å². The first kappa shape index (κ1) is 30.1. The molecule has 1 fully saturated rings. The lowest BCUT2D eigenvalue weighted by Crippen LogP contribution is -2.33. The molecule has 0 radical (unpaired) electrons. The largest absolute Gasteiger partial charge is 0.493 e. The van der Waals surface area contributed by atoms with E-state index in [0.29, 0.717) is 17.2 Å². The Morgan fingerprint density at radius 2 is 1.57 bits per heavy atom. The summed E-state index contributed by atoms with van der Waals surface area (Å²) in [6.07, 6.45) is 5.00. The lowest BCUT2D eigenvalue weighted by atomic mass is 9.85. The molecule has 5 nitrogen and oxygen atoms in total. The lowest BCUT2D eigenvalue weighted by molar-refractivity contribution is 0.171.